The summed E-state index contributed by atoms with van der Waals surface area (Å²) in [5.41, 5.74) is 4.29. The zero-order chi connectivity index (χ0) is 18.2. The topological polar surface area (TPSA) is 91.5 Å². The Morgan fingerprint density at radius 1 is 1.21 bits per heavy atom. The molecular formula is C19H19ClN4O4. The SMILES string of the molecule is Cc1ncc2c(c1-c1noc(COc3ccc4c(c3)OCO4)n1)CCNC2.Cl. The van der Waals surface area contributed by atoms with Gasteiger partial charge in [0, 0.05) is 30.1 Å². The van der Waals surface area contributed by atoms with E-state index >= 15 is 0 Å². The molecule has 4 heterocycles. The van der Waals surface area contributed by atoms with E-state index in [2.05, 4.69) is 20.4 Å². The van der Waals surface area contributed by atoms with Crippen molar-refractivity contribution in [1.29, 1.82) is 0 Å². The third-order valence-corrected chi connectivity index (χ3v) is 4.73. The van der Waals surface area contributed by atoms with Gasteiger partial charge in [0.05, 0.1) is 0 Å². The largest absolute Gasteiger partial charge is 0.484 e. The molecule has 28 heavy (non-hydrogen) atoms. The van der Waals surface area contributed by atoms with Crippen LogP contribution in [-0.2, 0) is 19.6 Å². The lowest BCUT2D eigenvalue weighted by Crippen LogP contribution is -2.24. The highest BCUT2D eigenvalue weighted by Crippen LogP contribution is 2.35. The first-order chi connectivity index (χ1) is 13.3. The van der Waals surface area contributed by atoms with Gasteiger partial charge in [-0.3, -0.25) is 4.98 Å². The molecule has 0 saturated heterocycles. The highest BCUT2D eigenvalue weighted by atomic mass is 35.5. The Morgan fingerprint density at radius 3 is 3.04 bits per heavy atom. The minimum atomic E-state index is 0. The lowest BCUT2D eigenvalue weighted by atomic mass is 9.95. The van der Waals surface area contributed by atoms with Gasteiger partial charge in [-0.2, -0.15) is 4.98 Å². The molecule has 2 aliphatic rings. The van der Waals surface area contributed by atoms with E-state index in [4.69, 9.17) is 18.7 Å². The maximum Gasteiger partial charge on any atom is 0.264 e. The second-order valence-corrected chi connectivity index (χ2v) is 6.46. The van der Waals surface area contributed by atoms with Crippen LogP contribution in [0.1, 0.15) is 22.7 Å². The molecule has 9 heteroatoms. The van der Waals surface area contributed by atoms with Crippen molar-refractivity contribution in [2.45, 2.75) is 26.5 Å². The number of fused-ring (bicyclic) bond motifs is 2. The minimum absolute atomic E-state index is 0. The summed E-state index contributed by atoms with van der Waals surface area (Å²) in [4.78, 5) is 9.00. The first-order valence-corrected chi connectivity index (χ1v) is 8.81. The van der Waals surface area contributed by atoms with E-state index in [1.165, 1.54) is 11.1 Å². The van der Waals surface area contributed by atoms with Crippen LogP contribution in [0.25, 0.3) is 11.4 Å². The van der Waals surface area contributed by atoms with Gasteiger partial charge < -0.3 is 24.1 Å². The van der Waals surface area contributed by atoms with Crippen LogP contribution in [0.15, 0.2) is 28.9 Å². The van der Waals surface area contributed by atoms with Crippen LogP contribution in [-0.4, -0.2) is 28.5 Å². The molecule has 0 aliphatic carbocycles. The number of hydrogen-bond acceptors (Lipinski definition) is 8. The fourth-order valence-electron chi connectivity index (χ4n) is 3.39. The Morgan fingerprint density at radius 2 is 2.11 bits per heavy atom. The van der Waals surface area contributed by atoms with Crippen molar-refractivity contribution >= 4 is 12.4 Å². The summed E-state index contributed by atoms with van der Waals surface area (Å²) in [6.07, 6.45) is 2.84. The maximum atomic E-state index is 5.75. The molecule has 1 aromatic carbocycles. The van der Waals surface area contributed by atoms with Crippen LogP contribution in [0.4, 0.5) is 0 Å². The Labute approximate surface area is 167 Å². The number of ether oxygens (including phenoxy) is 3. The first-order valence-electron chi connectivity index (χ1n) is 8.81. The van der Waals surface area contributed by atoms with Gasteiger partial charge >= 0.3 is 0 Å². The quantitative estimate of drug-likeness (QED) is 0.712. The van der Waals surface area contributed by atoms with E-state index in [9.17, 15) is 0 Å². The zero-order valence-electron chi connectivity index (χ0n) is 15.2. The third-order valence-electron chi connectivity index (χ3n) is 4.73. The van der Waals surface area contributed by atoms with E-state index in [0.717, 1.165) is 30.8 Å². The van der Waals surface area contributed by atoms with E-state index < -0.39 is 0 Å². The molecule has 0 bridgehead atoms. The van der Waals surface area contributed by atoms with Crippen molar-refractivity contribution in [2.24, 2.45) is 0 Å². The van der Waals surface area contributed by atoms with Crippen LogP contribution in [0.3, 0.4) is 0 Å². The van der Waals surface area contributed by atoms with Gasteiger partial charge in [-0.15, -0.1) is 12.4 Å². The summed E-state index contributed by atoms with van der Waals surface area (Å²) in [7, 11) is 0. The number of aromatic nitrogens is 3. The van der Waals surface area contributed by atoms with Crippen LogP contribution < -0.4 is 19.5 Å². The Balaban J connectivity index is 0.00000192. The molecule has 2 aromatic heterocycles. The molecule has 2 aliphatic heterocycles. The lowest BCUT2D eigenvalue weighted by molar-refractivity contribution is 0.173. The van der Waals surface area contributed by atoms with Gasteiger partial charge in [-0.25, -0.2) is 0 Å². The van der Waals surface area contributed by atoms with E-state index in [0.29, 0.717) is 29.0 Å². The highest BCUT2D eigenvalue weighted by molar-refractivity contribution is 5.85. The maximum absolute atomic E-state index is 5.75. The average Bonchev–Trinajstić information content (AvgIpc) is 3.35. The number of benzene rings is 1. The second-order valence-electron chi connectivity index (χ2n) is 6.46. The summed E-state index contributed by atoms with van der Waals surface area (Å²) < 4.78 is 21.8. The summed E-state index contributed by atoms with van der Waals surface area (Å²) in [5, 5.41) is 7.51. The molecule has 0 fully saturated rings. The van der Waals surface area contributed by atoms with Crippen molar-refractivity contribution in [3.8, 4) is 28.6 Å². The number of rotatable bonds is 4. The Kier molecular flexibility index (Phi) is 5.06. The average molecular weight is 403 g/mol. The number of pyridine rings is 1. The third kappa shape index (κ3) is 3.36. The molecule has 0 radical (unpaired) electrons. The van der Waals surface area contributed by atoms with Gasteiger partial charge in [-0.1, -0.05) is 5.16 Å². The lowest BCUT2D eigenvalue weighted by Gasteiger charge is -2.19. The summed E-state index contributed by atoms with van der Waals surface area (Å²) in [6, 6.07) is 5.42. The zero-order valence-corrected chi connectivity index (χ0v) is 16.0. The molecular weight excluding hydrogens is 384 g/mol. The number of halogens is 1. The van der Waals surface area contributed by atoms with Crippen LogP contribution in [0.5, 0.6) is 17.2 Å². The fourth-order valence-corrected chi connectivity index (χ4v) is 3.39. The van der Waals surface area contributed by atoms with E-state index in [1.807, 2.05) is 25.3 Å². The Bertz CT molecular complexity index is 1010. The molecule has 0 spiro atoms. The van der Waals surface area contributed by atoms with E-state index in [-0.39, 0.29) is 25.8 Å². The molecule has 0 amide bonds. The Hall–Kier alpha value is -2.84. The summed E-state index contributed by atoms with van der Waals surface area (Å²) >= 11 is 0. The summed E-state index contributed by atoms with van der Waals surface area (Å²) in [6.45, 7) is 4.12. The van der Waals surface area contributed by atoms with Gasteiger partial charge in [0.25, 0.3) is 5.89 Å². The van der Waals surface area contributed by atoms with Crippen molar-refractivity contribution in [2.75, 3.05) is 13.3 Å². The molecule has 3 aromatic rings. The minimum Gasteiger partial charge on any atom is -0.484 e. The standard InChI is InChI=1S/C19H18N4O4.ClH/c1-11-18(14-4-5-20-7-12(14)8-21-11)19-22-17(27-23-19)9-24-13-2-3-15-16(6-13)26-10-25-15;/h2-3,6,8,20H,4-5,7,9-10H2,1H3;1H. The van der Waals surface area contributed by atoms with Gasteiger partial charge in [0.2, 0.25) is 12.6 Å². The number of hydrogen-bond donors (Lipinski definition) is 1. The normalized spacial score (nSPS) is 14.3. The number of aryl methyl sites for hydroxylation is 1. The molecule has 1 N–H and O–H groups in total. The van der Waals surface area contributed by atoms with Crippen LogP contribution in [0, 0.1) is 6.92 Å². The smallest absolute Gasteiger partial charge is 0.264 e. The predicted octanol–water partition coefficient (Wildman–Crippen LogP) is 2.82. The van der Waals surface area contributed by atoms with E-state index in [1.54, 1.807) is 6.07 Å². The molecule has 0 saturated carbocycles. The van der Waals surface area contributed by atoms with Crippen LogP contribution in [0.2, 0.25) is 0 Å². The molecule has 0 unspecified atom stereocenters. The number of nitrogens with zero attached hydrogens (tertiary/aromatic N) is 3. The highest BCUT2D eigenvalue weighted by Gasteiger charge is 2.21. The van der Waals surface area contributed by atoms with Crippen molar-refractivity contribution in [3.05, 3.63) is 47.1 Å². The summed E-state index contributed by atoms with van der Waals surface area (Å²) in [5.74, 6) is 3.01. The molecule has 146 valence electrons. The second kappa shape index (κ2) is 7.65. The van der Waals surface area contributed by atoms with Gasteiger partial charge in [0.15, 0.2) is 18.1 Å². The van der Waals surface area contributed by atoms with Gasteiger partial charge in [-0.05, 0) is 43.1 Å². The molecule has 8 nitrogen and oxygen atoms in total. The molecule has 5 rings (SSSR count). The van der Waals surface area contributed by atoms with Crippen molar-refractivity contribution < 1.29 is 18.7 Å². The molecule has 0 atom stereocenters. The fraction of sp³-hybridized carbons (Fsp3) is 0.316. The van der Waals surface area contributed by atoms with Crippen molar-refractivity contribution in [1.82, 2.24) is 20.4 Å². The monoisotopic (exact) mass is 402 g/mol. The number of nitrogens with one attached hydrogen (secondary N) is 1. The van der Waals surface area contributed by atoms with Gasteiger partial charge in [0.1, 0.15) is 5.75 Å². The first kappa shape index (κ1) is 18.5. The van der Waals surface area contributed by atoms with Crippen molar-refractivity contribution in [3.63, 3.8) is 0 Å². The van der Waals surface area contributed by atoms with Crippen LogP contribution >= 0.6 is 12.4 Å². The predicted molar refractivity (Wildman–Crippen MR) is 102 cm³/mol.